The van der Waals surface area contributed by atoms with Crippen LogP contribution in [0.1, 0.15) is 39.0 Å². The molecule has 16 heavy (non-hydrogen) atoms. The van der Waals surface area contributed by atoms with Crippen LogP contribution < -0.4 is 5.32 Å². The van der Waals surface area contributed by atoms with Gasteiger partial charge in [0.15, 0.2) is 0 Å². The Morgan fingerprint density at radius 1 is 1.38 bits per heavy atom. The number of carbonyl (C=O) groups excluding carboxylic acids is 2. The van der Waals surface area contributed by atoms with Gasteiger partial charge in [-0.3, -0.25) is 9.59 Å². The van der Waals surface area contributed by atoms with Crippen LogP contribution in [0.2, 0.25) is 0 Å². The predicted molar refractivity (Wildman–Crippen MR) is 60.8 cm³/mol. The number of rotatable bonds is 5. The molecule has 0 bridgehead atoms. The predicted octanol–water partition coefficient (Wildman–Crippen LogP) is 0.914. The van der Waals surface area contributed by atoms with Gasteiger partial charge in [0, 0.05) is 6.54 Å². The van der Waals surface area contributed by atoms with Gasteiger partial charge in [-0.05, 0) is 25.2 Å². The van der Waals surface area contributed by atoms with Crippen LogP contribution in [-0.4, -0.2) is 35.8 Å². The molecule has 0 spiro atoms. The van der Waals surface area contributed by atoms with Crippen LogP contribution >= 0.6 is 0 Å². The van der Waals surface area contributed by atoms with Gasteiger partial charge in [-0.2, -0.15) is 0 Å². The van der Waals surface area contributed by atoms with Gasteiger partial charge in [0.05, 0.1) is 6.54 Å². The molecule has 2 fully saturated rings. The fourth-order valence-electron chi connectivity index (χ4n) is 2.34. The van der Waals surface area contributed by atoms with Gasteiger partial charge in [0.1, 0.15) is 6.04 Å². The van der Waals surface area contributed by atoms with Crippen LogP contribution in [0.5, 0.6) is 0 Å². The van der Waals surface area contributed by atoms with E-state index in [1.807, 2.05) is 6.92 Å². The number of nitrogens with zero attached hydrogens (tertiary/aromatic N) is 1. The second kappa shape index (κ2) is 4.85. The molecule has 0 aromatic heterocycles. The van der Waals surface area contributed by atoms with Crippen molar-refractivity contribution in [2.45, 2.75) is 45.1 Å². The van der Waals surface area contributed by atoms with E-state index in [0.29, 0.717) is 6.42 Å². The second-order valence-electron chi connectivity index (χ2n) is 4.81. The topological polar surface area (TPSA) is 49.4 Å². The number of piperazine rings is 1. The summed E-state index contributed by atoms with van der Waals surface area (Å²) in [5, 5.41) is 2.64. The molecule has 4 nitrogen and oxygen atoms in total. The summed E-state index contributed by atoms with van der Waals surface area (Å²) in [6.07, 6.45) is 5.67. The molecule has 1 aliphatic heterocycles. The highest BCUT2D eigenvalue weighted by molar-refractivity contribution is 5.94. The largest absolute Gasteiger partial charge is 0.345 e. The monoisotopic (exact) mass is 224 g/mol. The maximum absolute atomic E-state index is 11.7. The number of amides is 2. The standard InChI is InChI=1S/C12H20N2O2/c1-2-10-12(16)13-8-11(15)14(10)7-3-4-9-5-6-9/h9-10H,2-8H2,1H3,(H,13,16). The average Bonchev–Trinajstić information content (AvgIpc) is 3.07. The first kappa shape index (κ1) is 11.4. The third kappa shape index (κ3) is 2.54. The quantitative estimate of drug-likeness (QED) is 0.754. The minimum Gasteiger partial charge on any atom is -0.345 e. The molecule has 1 saturated carbocycles. The van der Waals surface area contributed by atoms with Crippen molar-refractivity contribution >= 4 is 11.8 Å². The summed E-state index contributed by atoms with van der Waals surface area (Å²) in [5.41, 5.74) is 0. The molecule has 0 radical (unpaired) electrons. The molecule has 4 heteroatoms. The second-order valence-corrected chi connectivity index (χ2v) is 4.81. The Balaban J connectivity index is 1.85. The first-order valence-corrected chi connectivity index (χ1v) is 6.29. The molecule has 1 unspecified atom stereocenters. The van der Waals surface area contributed by atoms with Crippen molar-refractivity contribution in [2.24, 2.45) is 5.92 Å². The van der Waals surface area contributed by atoms with E-state index in [-0.39, 0.29) is 24.4 Å². The minimum atomic E-state index is -0.236. The molecule has 1 atom stereocenters. The molecule has 1 N–H and O–H groups in total. The van der Waals surface area contributed by atoms with E-state index in [1.165, 1.54) is 19.3 Å². The van der Waals surface area contributed by atoms with E-state index in [0.717, 1.165) is 18.9 Å². The summed E-state index contributed by atoms with van der Waals surface area (Å²) in [5.74, 6) is 0.976. The van der Waals surface area contributed by atoms with Crippen LogP contribution in [0, 0.1) is 5.92 Å². The Labute approximate surface area is 96.4 Å². The summed E-state index contributed by atoms with van der Waals surface area (Å²) in [6, 6.07) is -0.236. The van der Waals surface area contributed by atoms with E-state index in [2.05, 4.69) is 5.32 Å². The molecular weight excluding hydrogens is 204 g/mol. The molecule has 1 heterocycles. The molecule has 1 saturated heterocycles. The summed E-state index contributed by atoms with van der Waals surface area (Å²) in [4.78, 5) is 25.1. The molecule has 2 aliphatic rings. The number of nitrogens with one attached hydrogen (secondary N) is 1. The van der Waals surface area contributed by atoms with Crippen molar-refractivity contribution < 1.29 is 9.59 Å². The van der Waals surface area contributed by atoms with E-state index in [9.17, 15) is 9.59 Å². The van der Waals surface area contributed by atoms with Crippen LogP contribution in [0.25, 0.3) is 0 Å². The van der Waals surface area contributed by atoms with Gasteiger partial charge in [0.25, 0.3) is 0 Å². The lowest BCUT2D eigenvalue weighted by Gasteiger charge is -2.34. The normalized spacial score (nSPS) is 25.8. The van der Waals surface area contributed by atoms with E-state index in [1.54, 1.807) is 4.90 Å². The zero-order chi connectivity index (χ0) is 11.5. The highest BCUT2D eigenvalue weighted by Gasteiger charge is 2.32. The Morgan fingerprint density at radius 2 is 2.12 bits per heavy atom. The number of hydrogen-bond donors (Lipinski definition) is 1. The molecule has 2 amide bonds. The molecular formula is C12H20N2O2. The van der Waals surface area contributed by atoms with Gasteiger partial charge in [-0.25, -0.2) is 0 Å². The van der Waals surface area contributed by atoms with Crippen LogP contribution in [-0.2, 0) is 9.59 Å². The van der Waals surface area contributed by atoms with E-state index < -0.39 is 0 Å². The maximum atomic E-state index is 11.7. The Kier molecular flexibility index (Phi) is 3.46. The summed E-state index contributed by atoms with van der Waals surface area (Å²) < 4.78 is 0. The van der Waals surface area contributed by atoms with Gasteiger partial charge in [-0.15, -0.1) is 0 Å². The molecule has 90 valence electrons. The molecule has 2 rings (SSSR count). The Hall–Kier alpha value is -1.06. The van der Waals surface area contributed by atoms with Crippen molar-refractivity contribution in [3.8, 4) is 0 Å². The third-order valence-electron chi connectivity index (χ3n) is 3.51. The fourth-order valence-corrected chi connectivity index (χ4v) is 2.34. The van der Waals surface area contributed by atoms with Gasteiger partial charge in [-0.1, -0.05) is 19.8 Å². The fraction of sp³-hybridized carbons (Fsp3) is 0.833. The first-order valence-electron chi connectivity index (χ1n) is 6.29. The van der Waals surface area contributed by atoms with E-state index in [4.69, 9.17) is 0 Å². The highest BCUT2D eigenvalue weighted by atomic mass is 16.2. The number of hydrogen-bond acceptors (Lipinski definition) is 2. The Bertz CT molecular complexity index is 287. The zero-order valence-corrected chi connectivity index (χ0v) is 9.87. The van der Waals surface area contributed by atoms with Crippen molar-refractivity contribution in [3.63, 3.8) is 0 Å². The van der Waals surface area contributed by atoms with Crippen molar-refractivity contribution in [1.82, 2.24) is 10.2 Å². The summed E-state index contributed by atoms with van der Waals surface area (Å²) in [6.45, 7) is 2.89. The number of carbonyl (C=O) groups is 2. The van der Waals surface area contributed by atoms with Gasteiger partial charge >= 0.3 is 0 Å². The first-order chi connectivity index (χ1) is 7.72. The van der Waals surface area contributed by atoms with Crippen molar-refractivity contribution in [3.05, 3.63) is 0 Å². The maximum Gasteiger partial charge on any atom is 0.243 e. The van der Waals surface area contributed by atoms with Crippen LogP contribution in [0.4, 0.5) is 0 Å². The average molecular weight is 224 g/mol. The smallest absolute Gasteiger partial charge is 0.243 e. The van der Waals surface area contributed by atoms with Gasteiger partial charge in [0.2, 0.25) is 11.8 Å². The lowest BCUT2D eigenvalue weighted by atomic mass is 10.1. The van der Waals surface area contributed by atoms with Crippen molar-refractivity contribution in [1.29, 1.82) is 0 Å². The molecule has 0 aromatic carbocycles. The SMILES string of the molecule is CCC1C(=O)NCC(=O)N1CCCC1CC1. The van der Waals surface area contributed by atoms with Crippen LogP contribution in [0.15, 0.2) is 0 Å². The summed E-state index contributed by atoms with van der Waals surface area (Å²) >= 11 is 0. The van der Waals surface area contributed by atoms with Gasteiger partial charge < -0.3 is 10.2 Å². The lowest BCUT2D eigenvalue weighted by molar-refractivity contribution is -0.145. The summed E-state index contributed by atoms with van der Waals surface area (Å²) in [7, 11) is 0. The highest BCUT2D eigenvalue weighted by Crippen LogP contribution is 2.33. The zero-order valence-electron chi connectivity index (χ0n) is 9.87. The lowest BCUT2D eigenvalue weighted by Crippen LogP contribution is -2.58. The minimum absolute atomic E-state index is 0.00789. The van der Waals surface area contributed by atoms with E-state index >= 15 is 0 Å². The van der Waals surface area contributed by atoms with Crippen molar-refractivity contribution in [2.75, 3.05) is 13.1 Å². The van der Waals surface area contributed by atoms with Crippen LogP contribution in [0.3, 0.4) is 0 Å². The third-order valence-corrected chi connectivity index (χ3v) is 3.51. The molecule has 1 aliphatic carbocycles. The Morgan fingerprint density at radius 3 is 2.75 bits per heavy atom. The molecule has 0 aromatic rings.